The Bertz CT molecular complexity index is 191. The van der Waals surface area contributed by atoms with Crippen LogP contribution in [-0.2, 0) is 4.79 Å². The van der Waals surface area contributed by atoms with Crippen LogP contribution >= 0.6 is 0 Å². The van der Waals surface area contributed by atoms with E-state index >= 15 is 0 Å². The van der Waals surface area contributed by atoms with Gasteiger partial charge in [-0.1, -0.05) is 45.4 Å². The fraction of sp³-hybridized carbons (Fsp3) is 0.923. The van der Waals surface area contributed by atoms with Crippen LogP contribution in [0.3, 0.4) is 0 Å². The summed E-state index contributed by atoms with van der Waals surface area (Å²) in [5, 5.41) is 0. The van der Waals surface area contributed by atoms with Gasteiger partial charge in [-0.05, 0) is 12.8 Å². The number of carbonyl (C=O) groups excluding carboxylic acids is 1. The molecule has 0 bridgehead atoms. The number of rotatable bonds is 7. The minimum atomic E-state index is 0.348. The third-order valence-corrected chi connectivity index (χ3v) is 3.44. The normalized spacial score (nSPS) is 21.3. The van der Waals surface area contributed by atoms with E-state index in [0.717, 1.165) is 19.4 Å². The molecule has 1 heterocycles. The van der Waals surface area contributed by atoms with Gasteiger partial charge in [-0.3, -0.25) is 4.79 Å². The summed E-state index contributed by atoms with van der Waals surface area (Å²) in [7, 11) is 1.92. The largest absolute Gasteiger partial charge is 0.345 e. The first-order valence-electron chi connectivity index (χ1n) is 6.50. The average molecular weight is 211 g/mol. The molecular weight excluding hydrogens is 186 g/mol. The number of likely N-dealkylation sites (tertiary alicyclic amines) is 1. The standard InChI is InChI=1S/C13H25NO/c1-3-4-5-6-7-8-9-12-10-11-14(2)13(12)15/h12H,3-11H2,1-2H3. The molecule has 1 rings (SSSR count). The van der Waals surface area contributed by atoms with Gasteiger partial charge in [0.15, 0.2) is 0 Å². The second kappa shape index (κ2) is 6.86. The summed E-state index contributed by atoms with van der Waals surface area (Å²) in [5.41, 5.74) is 0. The minimum absolute atomic E-state index is 0.348. The molecule has 1 amide bonds. The van der Waals surface area contributed by atoms with Crippen LogP contribution in [0, 0.1) is 5.92 Å². The summed E-state index contributed by atoms with van der Waals surface area (Å²) in [6, 6.07) is 0. The van der Waals surface area contributed by atoms with Crippen LogP contribution in [0.25, 0.3) is 0 Å². The van der Waals surface area contributed by atoms with Crippen LogP contribution in [0.2, 0.25) is 0 Å². The van der Waals surface area contributed by atoms with Crippen molar-refractivity contribution in [2.24, 2.45) is 5.92 Å². The Kier molecular flexibility index (Phi) is 5.74. The summed E-state index contributed by atoms with van der Waals surface area (Å²) in [6.45, 7) is 3.21. The predicted octanol–water partition coefficient (Wildman–Crippen LogP) is 3.22. The molecule has 0 aromatic carbocycles. The highest BCUT2D eigenvalue weighted by atomic mass is 16.2. The molecule has 1 unspecified atom stereocenters. The lowest BCUT2D eigenvalue weighted by atomic mass is 9.99. The Morgan fingerprint density at radius 3 is 2.47 bits per heavy atom. The van der Waals surface area contributed by atoms with Gasteiger partial charge in [0, 0.05) is 19.5 Å². The van der Waals surface area contributed by atoms with E-state index in [9.17, 15) is 4.79 Å². The molecule has 1 aliphatic rings. The molecule has 2 nitrogen and oxygen atoms in total. The van der Waals surface area contributed by atoms with Crippen LogP contribution in [0.4, 0.5) is 0 Å². The number of carbonyl (C=O) groups is 1. The fourth-order valence-corrected chi connectivity index (χ4v) is 2.33. The van der Waals surface area contributed by atoms with Crippen molar-refractivity contribution < 1.29 is 4.79 Å². The third-order valence-electron chi connectivity index (χ3n) is 3.44. The molecule has 1 fully saturated rings. The second-order valence-electron chi connectivity index (χ2n) is 4.80. The maximum absolute atomic E-state index is 11.6. The van der Waals surface area contributed by atoms with Gasteiger partial charge in [0.25, 0.3) is 0 Å². The van der Waals surface area contributed by atoms with E-state index in [2.05, 4.69) is 6.92 Å². The van der Waals surface area contributed by atoms with E-state index in [1.54, 1.807) is 0 Å². The number of hydrogen-bond acceptors (Lipinski definition) is 1. The van der Waals surface area contributed by atoms with E-state index in [1.165, 1.54) is 38.5 Å². The molecule has 0 aliphatic carbocycles. The topological polar surface area (TPSA) is 20.3 Å². The second-order valence-corrected chi connectivity index (χ2v) is 4.80. The van der Waals surface area contributed by atoms with Crippen molar-refractivity contribution in [1.29, 1.82) is 0 Å². The SMILES string of the molecule is CCCCCCCCC1CCN(C)C1=O. The van der Waals surface area contributed by atoms with Crippen LogP contribution in [0.5, 0.6) is 0 Å². The molecule has 1 saturated heterocycles. The Morgan fingerprint density at radius 1 is 1.20 bits per heavy atom. The fourth-order valence-electron chi connectivity index (χ4n) is 2.33. The van der Waals surface area contributed by atoms with Crippen molar-refractivity contribution in [1.82, 2.24) is 4.90 Å². The Hall–Kier alpha value is -0.530. The lowest BCUT2D eigenvalue weighted by molar-refractivity contribution is -0.130. The maximum Gasteiger partial charge on any atom is 0.225 e. The molecule has 2 heteroatoms. The van der Waals surface area contributed by atoms with Gasteiger partial charge in [0.1, 0.15) is 0 Å². The first-order valence-corrected chi connectivity index (χ1v) is 6.50. The van der Waals surface area contributed by atoms with Crippen molar-refractivity contribution in [2.45, 2.75) is 58.3 Å². The molecule has 0 N–H and O–H groups in total. The average Bonchev–Trinajstić information content (AvgIpc) is 2.54. The molecule has 0 aromatic heterocycles. The lowest BCUT2D eigenvalue weighted by Crippen LogP contribution is -2.22. The first kappa shape index (κ1) is 12.5. The van der Waals surface area contributed by atoms with E-state index in [-0.39, 0.29) is 0 Å². The van der Waals surface area contributed by atoms with Crippen LogP contribution in [0.15, 0.2) is 0 Å². The van der Waals surface area contributed by atoms with E-state index in [4.69, 9.17) is 0 Å². The van der Waals surface area contributed by atoms with Crippen molar-refractivity contribution in [3.63, 3.8) is 0 Å². The summed E-state index contributed by atoms with van der Waals surface area (Å²) in [6.07, 6.45) is 10.2. The van der Waals surface area contributed by atoms with Gasteiger partial charge in [-0.25, -0.2) is 0 Å². The monoisotopic (exact) mass is 211 g/mol. The van der Waals surface area contributed by atoms with Crippen LogP contribution < -0.4 is 0 Å². The smallest absolute Gasteiger partial charge is 0.225 e. The van der Waals surface area contributed by atoms with Gasteiger partial charge in [0.2, 0.25) is 5.91 Å². The van der Waals surface area contributed by atoms with Gasteiger partial charge in [-0.15, -0.1) is 0 Å². The molecule has 0 spiro atoms. The highest BCUT2D eigenvalue weighted by Gasteiger charge is 2.27. The molecule has 15 heavy (non-hydrogen) atoms. The minimum Gasteiger partial charge on any atom is -0.345 e. The molecule has 0 radical (unpaired) electrons. The highest BCUT2D eigenvalue weighted by Crippen LogP contribution is 2.22. The zero-order valence-corrected chi connectivity index (χ0v) is 10.3. The number of nitrogens with zero attached hydrogens (tertiary/aromatic N) is 1. The van der Waals surface area contributed by atoms with E-state index in [0.29, 0.717) is 11.8 Å². The quantitative estimate of drug-likeness (QED) is 0.592. The van der Waals surface area contributed by atoms with E-state index in [1.807, 2.05) is 11.9 Å². The van der Waals surface area contributed by atoms with Crippen molar-refractivity contribution >= 4 is 5.91 Å². The Morgan fingerprint density at radius 2 is 1.87 bits per heavy atom. The lowest BCUT2D eigenvalue weighted by Gasteiger charge is -2.09. The van der Waals surface area contributed by atoms with Gasteiger partial charge in [0.05, 0.1) is 0 Å². The van der Waals surface area contributed by atoms with Gasteiger partial charge in [-0.2, -0.15) is 0 Å². The van der Waals surface area contributed by atoms with E-state index < -0.39 is 0 Å². The van der Waals surface area contributed by atoms with Gasteiger partial charge < -0.3 is 4.90 Å². The summed E-state index contributed by atoms with van der Waals surface area (Å²) in [4.78, 5) is 13.5. The predicted molar refractivity (Wildman–Crippen MR) is 63.7 cm³/mol. The molecule has 1 aliphatic heterocycles. The summed E-state index contributed by atoms with van der Waals surface area (Å²) >= 11 is 0. The number of unbranched alkanes of at least 4 members (excludes halogenated alkanes) is 5. The molecular formula is C13H25NO. The Labute approximate surface area is 94.0 Å². The zero-order valence-electron chi connectivity index (χ0n) is 10.3. The van der Waals surface area contributed by atoms with Crippen molar-refractivity contribution in [2.75, 3.05) is 13.6 Å². The molecule has 0 aromatic rings. The van der Waals surface area contributed by atoms with Crippen molar-refractivity contribution in [3.8, 4) is 0 Å². The molecule has 0 saturated carbocycles. The zero-order chi connectivity index (χ0) is 11.1. The Balaban J connectivity index is 1.98. The molecule has 88 valence electrons. The number of hydrogen-bond donors (Lipinski definition) is 0. The number of amides is 1. The van der Waals surface area contributed by atoms with Crippen LogP contribution in [-0.4, -0.2) is 24.4 Å². The molecule has 1 atom stereocenters. The van der Waals surface area contributed by atoms with Crippen molar-refractivity contribution in [3.05, 3.63) is 0 Å². The maximum atomic E-state index is 11.6. The summed E-state index contributed by atoms with van der Waals surface area (Å²) < 4.78 is 0. The van der Waals surface area contributed by atoms with Crippen LogP contribution in [0.1, 0.15) is 58.3 Å². The summed E-state index contributed by atoms with van der Waals surface area (Å²) in [5.74, 6) is 0.727. The highest BCUT2D eigenvalue weighted by molar-refractivity contribution is 5.80. The van der Waals surface area contributed by atoms with Gasteiger partial charge >= 0.3 is 0 Å². The third kappa shape index (κ3) is 4.23. The first-order chi connectivity index (χ1) is 7.25.